The third kappa shape index (κ3) is 5.58. The van der Waals surface area contributed by atoms with Gasteiger partial charge in [-0.05, 0) is 50.1 Å². The second-order valence-electron chi connectivity index (χ2n) is 7.12. The number of hydrogen-bond acceptors (Lipinski definition) is 6. The molecule has 0 saturated carbocycles. The van der Waals surface area contributed by atoms with Crippen molar-refractivity contribution in [2.24, 2.45) is 0 Å². The van der Waals surface area contributed by atoms with Crippen LogP contribution < -0.4 is 16.2 Å². The average Bonchev–Trinajstić information content (AvgIpc) is 2.71. The van der Waals surface area contributed by atoms with Crippen LogP contribution in [0.3, 0.4) is 0 Å². The summed E-state index contributed by atoms with van der Waals surface area (Å²) in [5.41, 5.74) is 4.36. The van der Waals surface area contributed by atoms with Crippen LogP contribution in [0, 0.1) is 20.8 Å². The van der Waals surface area contributed by atoms with Gasteiger partial charge in [-0.25, -0.2) is 0 Å². The number of benzene rings is 2. The molecule has 160 valence electrons. The number of anilines is 2. The number of hydrogen-bond donors (Lipinski definition) is 3. The summed E-state index contributed by atoms with van der Waals surface area (Å²) >= 11 is 1.08. The molecule has 2 amide bonds. The fourth-order valence-electron chi connectivity index (χ4n) is 2.92. The van der Waals surface area contributed by atoms with E-state index in [1.54, 1.807) is 12.1 Å². The van der Waals surface area contributed by atoms with Crippen LogP contribution >= 0.6 is 11.8 Å². The first-order valence-electron chi connectivity index (χ1n) is 9.59. The van der Waals surface area contributed by atoms with Gasteiger partial charge < -0.3 is 10.6 Å². The van der Waals surface area contributed by atoms with Gasteiger partial charge in [0.05, 0.1) is 11.4 Å². The number of carbonyl (C=O) groups is 2. The quantitative estimate of drug-likeness (QED) is 0.509. The molecule has 2 aromatic carbocycles. The fraction of sp³-hybridized carbons (Fsp3) is 0.227. The number of nitrogens with zero attached hydrogens (tertiary/aromatic N) is 2. The Kier molecular flexibility index (Phi) is 6.86. The van der Waals surface area contributed by atoms with Crippen LogP contribution in [0.2, 0.25) is 0 Å². The molecule has 9 heteroatoms. The summed E-state index contributed by atoms with van der Waals surface area (Å²) in [6, 6.07) is 11.0. The topological polar surface area (TPSA) is 117 Å². The summed E-state index contributed by atoms with van der Waals surface area (Å²) in [5.74, 6) is -0.396. The molecule has 0 atom stereocenters. The Bertz CT molecular complexity index is 1210. The van der Waals surface area contributed by atoms with E-state index < -0.39 is 5.56 Å². The van der Waals surface area contributed by atoms with Gasteiger partial charge in [0.1, 0.15) is 0 Å². The lowest BCUT2D eigenvalue weighted by atomic mass is 10.1. The number of carbonyl (C=O) groups excluding carboxylic acids is 2. The summed E-state index contributed by atoms with van der Waals surface area (Å²) < 4.78 is 0. The van der Waals surface area contributed by atoms with Gasteiger partial charge >= 0.3 is 0 Å². The van der Waals surface area contributed by atoms with E-state index in [-0.39, 0.29) is 28.4 Å². The largest absolute Gasteiger partial charge is 0.326 e. The second kappa shape index (κ2) is 9.57. The fourth-order valence-corrected chi connectivity index (χ4v) is 3.53. The minimum atomic E-state index is -0.454. The predicted octanol–water partition coefficient (Wildman–Crippen LogP) is 3.45. The number of rotatable bonds is 6. The van der Waals surface area contributed by atoms with Gasteiger partial charge in [0.15, 0.2) is 10.9 Å². The lowest BCUT2D eigenvalue weighted by Crippen LogP contribution is -2.18. The summed E-state index contributed by atoms with van der Waals surface area (Å²) in [6.45, 7) is 7.19. The second-order valence-corrected chi connectivity index (χ2v) is 8.09. The molecule has 0 aliphatic rings. The molecule has 31 heavy (non-hydrogen) atoms. The van der Waals surface area contributed by atoms with Crippen LogP contribution in [0.1, 0.15) is 23.6 Å². The van der Waals surface area contributed by atoms with E-state index >= 15 is 0 Å². The molecule has 3 aromatic rings. The maximum absolute atomic E-state index is 12.6. The van der Waals surface area contributed by atoms with Crippen LogP contribution in [0.5, 0.6) is 0 Å². The van der Waals surface area contributed by atoms with Crippen molar-refractivity contribution in [2.75, 3.05) is 16.4 Å². The average molecular weight is 438 g/mol. The molecule has 0 fully saturated rings. The van der Waals surface area contributed by atoms with Crippen LogP contribution in [-0.4, -0.2) is 32.7 Å². The zero-order valence-corrected chi connectivity index (χ0v) is 18.5. The normalized spacial score (nSPS) is 10.6. The summed E-state index contributed by atoms with van der Waals surface area (Å²) in [7, 11) is 0. The first-order valence-corrected chi connectivity index (χ1v) is 10.6. The minimum absolute atomic E-state index is 0.0684. The molecule has 0 radical (unpaired) electrons. The highest BCUT2D eigenvalue weighted by molar-refractivity contribution is 7.99. The smallest absolute Gasteiger partial charge is 0.278 e. The Morgan fingerprint density at radius 1 is 1.03 bits per heavy atom. The molecule has 0 aliphatic heterocycles. The summed E-state index contributed by atoms with van der Waals surface area (Å²) in [4.78, 5) is 39.0. The lowest BCUT2D eigenvalue weighted by molar-refractivity contribution is -0.114. The van der Waals surface area contributed by atoms with E-state index in [0.717, 1.165) is 34.1 Å². The molecule has 0 spiro atoms. The Hall–Kier alpha value is -3.46. The minimum Gasteiger partial charge on any atom is -0.326 e. The predicted molar refractivity (Wildman–Crippen MR) is 122 cm³/mol. The van der Waals surface area contributed by atoms with Crippen molar-refractivity contribution in [3.63, 3.8) is 0 Å². The van der Waals surface area contributed by atoms with E-state index in [1.807, 2.05) is 45.0 Å². The Labute approximate surface area is 183 Å². The van der Waals surface area contributed by atoms with Crippen molar-refractivity contribution >= 4 is 35.0 Å². The van der Waals surface area contributed by atoms with E-state index in [2.05, 4.69) is 25.8 Å². The van der Waals surface area contributed by atoms with E-state index in [0.29, 0.717) is 11.3 Å². The first-order chi connectivity index (χ1) is 14.7. The number of aromatic nitrogens is 3. The Morgan fingerprint density at radius 2 is 1.81 bits per heavy atom. The van der Waals surface area contributed by atoms with Gasteiger partial charge in [-0.3, -0.25) is 19.4 Å². The lowest BCUT2D eigenvalue weighted by Gasteiger charge is -2.11. The molecular formula is C22H23N5O3S. The van der Waals surface area contributed by atoms with Crippen LogP contribution in [0.15, 0.2) is 46.3 Å². The summed E-state index contributed by atoms with van der Waals surface area (Å²) in [5, 5.41) is 13.9. The molecule has 3 N–H and O–H groups in total. The molecule has 0 unspecified atom stereocenters. The van der Waals surface area contributed by atoms with Crippen LogP contribution in [-0.2, 0) is 9.59 Å². The number of H-pyrrole nitrogens is 1. The number of thioether (sulfide) groups is 1. The Balaban J connectivity index is 1.74. The van der Waals surface area contributed by atoms with E-state index in [1.165, 1.54) is 6.92 Å². The number of amides is 2. The summed E-state index contributed by atoms with van der Waals surface area (Å²) in [6.07, 6.45) is 0. The van der Waals surface area contributed by atoms with Crippen LogP contribution in [0.4, 0.5) is 11.4 Å². The highest BCUT2D eigenvalue weighted by Gasteiger charge is 2.15. The number of aryl methyl sites for hydroxylation is 2. The molecule has 8 nitrogen and oxygen atoms in total. The maximum atomic E-state index is 12.6. The number of nitrogens with one attached hydrogen (secondary N) is 3. The zero-order chi connectivity index (χ0) is 22.5. The maximum Gasteiger partial charge on any atom is 0.278 e. The Morgan fingerprint density at radius 3 is 2.52 bits per heavy atom. The molecule has 0 bridgehead atoms. The van der Waals surface area contributed by atoms with Crippen molar-refractivity contribution in [3.05, 3.63) is 63.4 Å². The van der Waals surface area contributed by atoms with Crippen molar-refractivity contribution in [1.29, 1.82) is 0 Å². The number of aromatic amines is 1. The van der Waals surface area contributed by atoms with Gasteiger partial charge in [-0.15, -0.1) is 10.2 Å². The standard InChI is InChI=1S/C22H23N5O3S/c1-12-8-9-18(23-15(4)28)16(10-12)20-21(30)25-22(27-26-20)31-11-19(29)24-17-7-5-6-13(2)14(17)3/h5-10H,11H2,1-4H3,(H,23,28)(H,24,29)(H,25,27,30). The molecule has 0 saturated heterocycles. The van der Waals surface area contributed by atoms with Gasteiger partial charge in [-0.1, -0.05) is 35.5 Å². The molecular weight excluding hydrogens is 414 g/mol. The third-order valence-electron chi connectivity index (χ3n) is 4.64. The van der Waals surface area contributed by atoms with Gasteiger partial charge in [0.25, 0.3) is 5.56 Å². The van der Waals surface area contributed by atoms with Crippen molar-refractivity contribution in [3.8, 4) is 11.3 Å². The zero-order valence-electron chi connectivity index (χ0n) is 17.7. The third-order valence-corrected chi connectivity index (χ3v) is 5.50. The molecule has 3 rings (SSSR count). The monoisotopic (exact) mass is 437 g/mol. The molecule has 1 heterocycles. The van der Waals surface area contributed by atoms with Crippen molar-refractivity contribution in [1.82, 2.24) is 15.2 Å². The highest BCUT2D eigenvalue weighted by atomic mass is 32.2. The van der Waals surface area contributed by atoms with Gasteiger partial charge in [0, 0.05) is 18.2 Å². The molecule has 1 aromatic heterocycles. The van der Waals surface area contributed by atoms with Crippen molar-refractivity contribution < 1.29 is 9.59 Å². The van der Waals surface area contributed by atoms with Gasteiger partial charge in [0.2, 0.25) is 11.8 Å². The highest BCUT2D eigenvalue weighted by Crippen LogP contribution is 2.26. The van der Waals surface area contributed by atoms with Crippen molar-refractivity contribution in [2.45, 2.75) is 32.9 Å². The first kappa shape index (κ1) is 22.2. The van der Waals surface area contributed by atoms with E-state index in [9.17, 15) is 14.4 Å². The van der Waals surface area contributed by atoms with E-state index in [4.69, 9.17) is 0 Å². The van der Waals surface area contributed by atoms with Gasteiger partial charge in [-0.2, -0.15) is 0 Å². The SMILES string of the molecule is CC(=O)Nc1ccc(C)cc1-c1nnc(SCC(=O)Nc2cccc(C)c2C)[nH]c1=O. The molecule has 0 aliphatic carbocycles. The van der Waals surface area contributed by atoms with Crippen LogP contribution in [0.25, 0.3) is 11.3 Å².